The number of hydrogen-bond donors (Lipinski definition) is 1. The van der Waals surface area contributed by atoms with E-state index >= 15 is 0 Å². The van der Waals surface area contributed by atoms with Gasteiger partial charge >= 0.3 is 0 Å². The first kappa shape index (κ1) is 16.9. The number of hydrogen-bond acceptors (Lipinski definition) is 3. The van der Waals surface area contributed by atoms with E-state index in [0.717, 1.165) is 31.0 Å². The Morgan fingerprint density at radius 2 is 1.79 bits per heavy atom. The highest BCUT2D eigenvalue weighted by Crippen LogP contribution is 2.16. The van der Waals surface area contributed by atoms with Crippen LogP contribution in [0.15, 0.2) is 0 Å². The fourth-order valence-electron chi connectivity index (χ4n) is 3.00. The zero-order chi connectivity index (χ0) is 14.3. The average Bonchev–Trinajstić information content (AvgIpc) is 2.38. The van der Waals surface area contributed by atoms with Crippen LogP contribution >= 0.6 is 0 Å². The van der Waals surface area contributed by atoms with Crippen LogP contribution in [-0.4, -0.2) is 62.2 Å². The van der Waals surface area contributed by atoms with Gasteiger partial charge in [-0.05, 0) is 64.4 Å². The first-order chi connectivity index (χ1) is 9.02. The topological polar surface area (TPSA) is 18.5 Å². The predicted molar refractivity (Wildman–Crippen MR) is 84.6 cm³/mol. The van der Waals surface area contributed by atoms with Crippen molar-refractivity contribution in [3.63, 3.8) is 0 Å². The maximum Gasteiger partial charge on any atom is 0.0117 e. The van der Waals surface area contributed by atoms with Crippen molar-refractivity contribution in [2.24, 2.45) is 11.8 Å². The Hall–Kier alpha value is -0.120. The van der Waals surface area contributed by atoms with E-state index < -0.39 is 0 Å². The molecule has 0 radical (unpaired) electrons. The minimum Gasteiger partial charge on any atom is -0.316 e. The van der Waals surface area contributed by atoms with Gasteiger partial charge in [0.2, 0.25) is 0 Å². The van der Waals surface area contributed by atoms with Gasteiger partial charge in [0, 0.05) is 12.6 Å². The lowest BCUT2D eigenvalue weighted by molar-refractivity contribution is 0.120. The lowest BCUT2D eigenvalue weighted by Crippen LogP contribution is -2.45. The number of likely N-dealkylation sites (tertiary alicyclic amines) is 1. The summed E-state index contributed by atoms with van der Waals surface area (Å²) in [6, 6.07) is 0.801. The number of nitrogens with zero attached hydrogens (tertiary/aromatic N) is 2. The summed E-state index contributed by atoms with van der Waals surface area (Å²) in [5.74, 6) is 1.50. The fraction of sp³-hybridized carbons (Fsp3) is 1.00. The maximum absolute atomic E-state index is 3.57. The summed E-state index contributed by atoms with van der Waals surface area (Å²) >= 11 is 0. The second-order valence-electron chi connectivity index (χ2n) is 6.76. The molecule has 0 saturated carbocycles. The van der Waals surface area contributed by atoms with E-state index in [1.54, 1.807) is 0 Å². The van der Waals surface area contributed by atoms with Gasteiger partial charge < -0.3 is 15.1 Å². The van der Waals surface area contributed by atoms with Crippen molar-refractivity contribution < 1.29 is 0 Å². The van der Waals surface area contributed by atoms with E-state index in [1.807, 2.05) is 0 Å². The van der Waals surface area contributed by atoms with Crippen molar-refractivity contribution in [1.82, 2.24) is 15.1 Å². The van der Waals surface area contributed by atoms with Gasteiger partial charge in [0.15, 0.2) is 0 Å². The summed E-state index contributed by atoms with van der Waals surface area (Å²) in [6.45, 7) is 16.5. The third-order valence-electron chi connectivity index (χ3n) is 4.27. The molecule has 0 spiro atoms. The summed E-state index contributed by atoms with van der Waals surface area (Å²) < 4.78 is 0. The molecule has 1 saturated heterocycles. The number of rotatable bonds is 8. The molecular formula is C16H35N3. The molecule has 1 rings (SSSR count). The summed E-state index contributed by atoms with van der Waals surface area (Å²) in [7, 11) is 2.31. The Kier molecular flexibility index (Phi) is 7.96. The van der Waals surface area contributed by atoms with Crippen LogP contribution in [-0.2, 0) is 0 Å². The average molecular weight is 269 g/mol. The van der Waals surface area contributed by atoms with E-state index in [-0.39, 0.29) is 0 Å². The molecular weight excluding hydrogens is 234 g/mol. The molecule has 3 heteroatoms. The van der Waals surface area contributed by atoms with Crippen molar-refractivity contribution in [2.45, 2.75) is 46.6 Å². The first-order valence-electron chi connectivity index (χ1n) is 8.16. The van der Waals surface area contributed by atoms with Crippen molar-refractivity contribution in [3.8, 4) is 0 Å². The van der Waals surface area contributed by atoms with Gasteiger partial charge in [-0.1, -0.05) is 27.7 Å². The highest BCUT2D eigenvalue weighted by atomic mass is 15.2. The fourth-order valence-corrected chi connectivity index (χ4v) is 3.00. The van der Waals surface area contributed by atoms with Crippen LogP contribution in [0.4, 0.5) is 0 Å². The zero-order valence-electron chi connectivity index (χ0n) is 13.8. The second-order valence-corrected chi connectivity index (χ2v) is 6.76. The smallest absolute Gasteiger partial charge is 0.0117 e. The van der Waals surface area contributed by atoms with Crippen LogP contribution in [0.1, 0.15) is 40.5 Å². The molecule has 0 bridgehead atoms. The third kappa shape index (κ3) is 6.73. The Labute approximate surface area is 120 Å². The molecule has 1 atom stereocenters. The van der Waals surface area contributed by atoms with Crippen molar-refractivity contribution >= 4 is 0 Å². The van der Waals surface area contributed by atoms with Gasteiger partial charge in [0.05, 0.1) is 0 Å². The van der Waals surface area contributed by atoms with Crippen LogP contribution < -0.4 is 5.32 Å². The van der Waals surface area contributed by atoms with Gasteiger partial charge in [0.1, 0.15) is 0 Å². The standard InChI is InChI=1S/C16H35N3/c1-6-19-9-7-16(8-10-19)18(5)13-15(4)12-17-11-14(2)3/h14-17H,6-13H2,1-5H3. The molecule has 1 aliphatic heterocycles. The number of piperidine rings is 1. The van der Waals surface area contributed by atoms with E-state index in [1.165, 1.54) is 39.0 Å². The summed E-state index contributed by atoms with van der Waals surface area (Å²) in [6.07, 6.45) is 2.69. The Bertz CT molecular complexity index is 222. The molecule has 3 nitrogen and oxygen atoms in total. The second kappa shape index (κ2) is 8.93. The molecule has 0 aromatic carbocycles. The molecule has 1 N–H and O–H groups in total. The van der Waals surface area contributed by atoms with E-state index in [9.17, 15) is 0 Å². The van der Waals surface area contributed by atoms with Crippen molar-refractivity contribution in [1.29, 1.82) is 0 Å². The SMILES string of the molecule is CCN1CCC(N(C)CC(C)CNCC(C)C)CC1. The quantitative estimate of drug-likeness (QED) is 0.729. The molecule has 1 fully saturated rings. The van der Waals surface area contributed by atoms with Crippen LogP contribution in [0.5, 0.6) is 0 Å². The molecule has 114 valence electrons. The summed E-state index contributed by atoms with van der Waals surface area (Å²) in [5.41, 5.74) is 0. The maximum atomic E-state index is 3.57. The Balaban J connectivity index is 2.17. The van der Waals surface area contributed by atoms with Gasteiger partial charge in [-0.3, -0.25) is 0 Å². The van der Waals surface area contributed by atoms with Crippen LogP contribution in [0.25, 0.3) is 0 Å². The highest BCUT2D eigenvalue weighted by molar-refractivity contribution is 4.78. The number of nitrogens with one attached hydrogen (secondary N) is 1. The van der Waals surface area contributed by atoms with Crippen molar-refractivity contribution in [2.75, 3.05) is 46.3 Å². The van der Waals surface area contributed by atoms with E-state index in [2.05, 4.69) is 49.9 Å². The van der Waals surface area contributed by atoms with Gasteiger partial charge in [-0.15, -0.1) is 0 Å². The largest absolute Gasteiger partial charge is 0.316 e. The van der Waals surface area contributed by atoms with Gasteiger partial charge in [-0.25, -0.2) is 0 Å². The van der Waals surface area contributed by atoms with Crippen LogP contribution in [0.2, 0.25) is 0 Å². The zero-order valence-corrected chi connectivity index (χ0v) is 13.8. The minimum absolute atomic E-state index is 0.743. The van der Waals surface area contributed by atoms with E-state index in [0.29, 0.717) is 0 Å². The Morgan fingerprint density at radius 3 is 2.32 bits per heavy atom. The molecule has 0 aromatic rings. The van der Waals surface area contributed by atoms with Crippen LogP contribution in [0.3, 0.4) is 0 Å². The Morgan fingerprint density at radius 1 is 1.16 bits per heavy atom. The molecule has 1 unspecified atom stereocenters. The highest BCUT2D eigenvalue weighted by Gasteiger charge is 2.22. The molecule has 1 heterocycles. The molecule has 0 aliphatic carbocycles. The molecule has 0 amide bonds. The lowest BCUT2D eigenvalue weighted by atomic mass is 10.0. The lowest BCUT2D eigenvalue weighted by Gasteiger charge is -2.37. The van der Waals surface area contributed by atoms with Gasteiger partial charge in [0.25, 0.3) is 0 Å². The van der Waals surface area contributed by atoms with Crippen LogP contribution in [0, 0.1) is 11.8 Å². The normalized spacial score (nSPS) is 20.4. The molecule has 1 aliphatic rings. The van der Waals surface area contributed by atoms with Crippen molar-refractivity contribution in [3.05, 3.63) is 0 Å². The summed E-state index contributed by atoms with van der Waals surface area (Å²) in [5, 5.41) is 3.57. The minimum atomic E-state index is 0.743. The first-order valence-corrected chi connectivity index (χ1v) is 8.16. The predicted octanol–water partition coefficient (Wildman–Crippen LogP) is 2.28. The van der Waals surface area contributed by atoms with Gasteiger partial charge in [-0.2, -0.15) is 0 Å². The van der Waals surface area contributed by atoms with E-state index in [4.69, 9.17) is 0 Å². The molecule has 0 aromatic heterocycles. The summed E-state index contributed by atoms with van der Waals surface area (Å²) in [4.78, 5) is 5.16. The third-order valence-corrected chi connectivity index (χ3v) is 4.27. The molecule has 19 heavy (non-hydrogen) atoms. The monoisotopic (exact) mass is 269 g/mol.